The van der Waals surface area contributed by atoms with Crippen LogP contribution in [0.15, 0.2) is 24.3 Å². The van der Waals surface area contributed by atoms with E-state index in [2.05, 4.69) is 4.84 Å². The summed E-state index contributed by atoms with van der Waals surface area (Å²) in [5.74, 6) is -1.08. The van der Waals surface area contributed by atoms with Gasteiger partial charge in [-0.1, -0.05) is 0 Å². The zero-order valence-electron chi connectivity index (χ0n) is 7.48. The van der Waals surface area contributed by atoms with Crippen LogP contribution in [0.5, 0.6) is 5.75 Å². The van der Waals surface area contributed by atoms with Gasteiger partial charge >= 0.3 is 5.97 Å². The Kier molecular flexibility index (Phi) is 3.06. The molecule has 5 heteroatoms. The topological polar surface area (TPSA) is 75.6 Å². The molecule has 0 fully saturated rings. The van der Waals surface area contributed by atoms with Gasteiger partial charge in [-0.15, -0.1) is 0 Å². The number of amides is 1. The second-order valence-electron chi connectivity index (χ2n) is 2.57. The summed E-state index contributed by atoms with van der Waals surface area (Å²) in [6.07, 6.45) is 0. The van der Waals surface area contributed by atoms with Gasteiger partial charge in [0, 0.05) is 12.5 Å². The molecule has 74 valence electrons. The zero-order chi connectivity index (χ0) is 10.6. The van der Waals surface area contributed by atoms with Crippen LogP contribution in [-0.2, 0) is 9.63 Å². The Balaban J connectivity index is 2.61. The van der Waals surface area contributed by atoms with Crippen molar-refractivity contribution in [2.24, 2.45) is 0 Å². The van der Waals surface area contributed by atoms with Crippen molar-refractivity contribution in [3.05, 3.63) is 29.8 Å². The van der Waals surface area contributed by atoms with E-state index in [0.29, 0.717) is 5.56 Å². The van der Waals surface area contributed by atoms with Crippen molar-refractivity contribution in [2.45, 2.75) is 6.92 Å². The second-order valence-corrected chi connectivity index (χ2v) is 2.57. The number of hydroxylamine groups is 1. The third-order valence-corrected chi connectivity index (χ3v) is 1.42. The molecule has 0 aromatic heterocycles. The van der Waals surface area contributed by atoms with Gasteiger partial charge in [-0.3, -0.25) is 9.59 Å². The van der Waals surface area contributed by atoms with Crippen LogP contribution in [0, 0.1) is 0 Å². The summed E-state index contributed by atoms with van der Waals surface area (Å²) in [6.45, 7) is 1.18. The molecule has 0 aliphatic carbocycles. The molecule has 0 aliphatic rings. The molecule has 0 heterocycles. The standard InChI is InChI=1S/C9H9NO4/c1-6(11)14-10-9(13)7-2-4-8(12)5-3-7/h2-5,12H,1H3,(H,10,13). The van der Waals surface area contributed by atoms with E-state index in [-0.39, 0.29) is 5.75 Å². The molecular formula is C9H9NO4. The third kappa shape index (κ3) is 2.78. The molecule has 0 radical (unpaired) electrons. The molecule has 1 aromatic carbocycles. The molecule has 14 heavy (non-hydrogen) atoms. The summed E-state index contributed by atoms with van der Waals surface area (Å²) in [4.78, 5) is 25.8. The van der Waals surface area contributed by atoms with Gasteiger partial charge in [0.15, 0.2) is 0 Å². The van der Waals surface area contributed by atoms with Crippen molar-refractivity contribution in [3.8, 4) is 5.75 Å². The lowest BCUT2D eigenvalue weighted by molar-refractivity contribution is -0.146. The number of hydrogen-bond donors (Lipinski definition) is 2. The van der Waals surface area contributed by atoms with Crippen LogP contribution in [0.1, 0.15) is 17.3 Å². The Morgan fingerprint density at radius 3 is 2.36 bits per heavy atom. The fourth-order valence-electron chi connectivity index (χ4n) is 0.790. The van der Waals surface area contributed by atoms with Gasteiger partial charge in [-0.25, -0.2) is 0 Å². The first kappa shape index (κ1) is 10.0. The summed E-state index contributed by atoms with van der Waals surface area (Å²) in [5.41, 5.74) is 2.24. The molecule has 0 unspecified atom stereocenters. The van der Waals surface area contributed by atoms with Gasteiger partial charge < -0.3 is 9.94 Å². The molecule has 1 amide bonds. The van der Waals surface area contributed by atoms with Crippen LogP contribution in [0.4, 0.5) is 0 Å². The van der Waals surface area contributed by atoms with Crippen LogP contribution in [0.2, 0.25) is 0 Å². The molecule has 5 nitrogen and oxygen atoms in total. The lowest BCUT2D eigenvalue weighted by Crippen LogP contribution is -2.25. The summed E-state index contributed by atoms with van der Waals surface area (Å²) >= 11 is 0. The highest BCUT2D eigenvalue weighted by atomic mass is 16.7. The van der Waals surface area contributed by atoms with Crippen LogP contribution >= 0.6 is 0 Å². The summed E-state index contributed by atoms with van der Waals surface area (Å²) in [5, 5.41) is 8.94. The minimum absolute atomic E-state index is 0.0639. The second kappa shape index (κ2) is 4.27. The molecule has 1 rings (SSSR count). The Bertz CT molecular complexity index is 344. The molecule has 0 spiro atoms. The Hall–Kier alpha value is -2.04. The van der Waals surface area contributed by atoms with Crippen molar-refractivity contribution in [2.75, 3.05) is 0 Å². The first-order valence-corrected chi connectivity index (χ1v) is 3.86. The van der Waals surface area contributed by atoms with E-state index in [1.54, 1.807) is 0 Å². The van der Waals surface area contributed by atoms with Crippen molar-refractivity contribution in [1.82, 2.24) is 5.48 Å². The molecule has 0 bridgehead atoms. The maximum absolute atomic E-state index is 11.2. The first-order valence-electron chi connectivity index (χ1n) is 3.86. The molecule has 0 atom stereocenters. The van der Waals surface area contributed by atoms with Crippen LogP contribution in [0.25, 0.3) is 0 Å². The summed E-state index contributed by atoms with van der Waals surface area (Å²) in [7, 11) is 0. The number of nitrogens with one attached hydrogen (secondary N) is 1. The molecule has 2 N–H and O–H groups in total. The number of carbonyl (C=O) groups is 2. The maximum atomic E-state index is 11.2. The van der Waals surface area contributed by atoms with E-state index in [9.17, 15) is 9.59 Å². The quantitative estimate of drug-likeness (QED) is 0.643. The highest BCUT2D eigenvalue weighted by Gasteiger charge is 2.05. The van der Waals surface area contributed by atoms with Gasteiger partial charge in [-0.05, 0) is 24.3 Å². The average Bonchev–Trinajstić information content (AvgIpc) is 2.15. The predicted molar refractivity (Wildman–Crippen MR) is 47.3 cm³/mol. The molecule has 0 saturated heterocycles. The van der Waals surface area contributed by atoms with Gasteiger partial charge in [0.25, 0.3) is 5.91 Å². The van der Waals surface area contributed by atoms with Crippen LogP contribution in [0.3, 0.4) is 0 Å². The first-order chi connectivity index (χ1) is 6.59. The SMILES string of the molecule is CC(=O)ONC(=O)c1ccc(O)cc1. The Morgan fingerprint density at radius 2 is 1.86 bits per heavy atom. The fourth-order valence-corrected chi connectivity index (χ4v) is 0.790. The van der Waals surface area contributed by atoms with Gasteiger partial charge in [0.1, 0.15) is 5.75 Å². The number of aromatic hydroxyl groups is 1. The van der Waals surface area contributed by atoms with E-state index in [1.165, 1.54) is 31.2 Å². The largest absolute Gasteiger partial charge is 0.508 e. The molecule has 0 saturated carbocycles. The maximum Gasteiger partial charge on any atom is 0.329 e. The van der Waals surface area contributed by atoms with E-state index in [0.717, 1.165) is 0 Å². The smallest absolute Gasteiger partial charge is 0.329 e. The fraction of sp³-hybridized carbons (Fsp3) is 0.111. The number of carbonyl (C=O) groups excluding carboxylic acids is 2. The minimum atomic E-state index is -0.600. The highest BCUT2D eigenvalue weighted by molar-refractivity contribution is 5.94. The number of phenols is 1. The lowest BCUT2D eigenvalue weighted by Gasteiger charge is -2.02. The van der Waals surface area contributed by atoms with E-state index in [1.807, 2.05) is 5.48 Å². The van der Waals surface area contributed by atoms with Gasteiger partial charge in [-0.2, -0.15) is 5.48 Å². The summed E-state index contributed by atoms with van der Waals surface area (Å²) in [6, 6.07) is 5.55. The normalized spacial score (nSPS) is 9.21. The minimum Gasteiger partial charge on any atom is -0.508 e. The van der Waals surface area contributed by atoms with Crippen molar-refractivity contribution in [1.29, 1.82) is 0 Å². The van der Waals surface area contributed by atoms with E-state index >= 15 is 0 Å². The molecule has 0 aliphatic heterocycles. The molecule has 1 aromatic rings. The Morgan fingerprint density at radius 1 is 1.29 bits per heavy atom. The summed E-state index contributed by atoms with van der Waals surface area (Å²) < 4.78 is 0. The van der Waals surface area contributed by atoms with E-state index < -0.39 is 11.9 Å². The number of benzene rings is 1. The predicted octanol–water partition coefficient (Wildman–Crippen LogP) is 0.600. The van der Waals surface area contributed by atoms with Crippen molar-refractivity contribution >= 4 is 11.9 Å². The van der Waals surface area contributed by atoms with Crippen LogP contribution < -0.4 is 5.48 Å². The van der Waals surface area contributed by atoms with E-state index in [4.69, 9.17) is 5.11 Å². The number of rotatable bonds is 1. The zero-order valence-corrected chi connectivity index (χ0v) is 7.48. The third-order valence-electron chi connectivity index (χ3n) is 1.42. The average molecular weight is 195 g/mol. The van der Waals surface area contributed by atoms with Crippen LogP contribution in [-0.4, -0.2) is 17.0 Å². The van der Waals surface area contributed by atoms with Crippen molar-refractivity contribution < 1.29 is 19.5 Å². The Labute approximate surface area is 80.3 Å². The van der Waals surface area contributed by atoms with Gasteiger partial charge in [0.2, 0.25) is 0 Å². The number of hydrogen-bond acceptors (Lipinski definition) is 4. The highest BCUT2D eigenvalue weighted by Crippen LogP contribution is 2.09. The molecular weight excluding hydrogens is 186 g/mol. The monoisotopic (exact) mass is 195 g/mol. The van der Waals surface area contributed by atoms with Crippen molar-refractivity contribution in [3.63, 3.8) is 0 Å². The number of phenolic OH excluding ortho intramolecular Hbond substituents is 1. The lowest BCUT2D eigenvalue weighted by atomic mass is 10.2. The van der Waals surface area contributed by atoms with Gasteiger partial charge in [0.05, 0.1) is 0 Å².